The Morgan fingerprint density at radius 2 is 1.81 bits per heavy atom. The number of carbonyl (C=O) groups is 1. The van der Waals surface area contributed by atoms with E-state index >= 15 is 0 Å². The Labute approximate surface area is 99.5 Å². The molecule has 0 aromatic heterocycles. The van der Waals surface area contributed by atoms with E-state index in [0.29, 0.717) is 0 Å². The van der Waals surface area contributed by atoms with Gasteiger partial charge in [0, 0.05) is 19.1 Å². The second-order valence-electron chi connectivity index (χ2n) is 4.65. The molecule has 4 nitrogen and oxygen atoms in total. The minimum absolute atomic E-state index is 0.0746. The van der Waals surface area contributed by atoms with Crippen molar-refractivity contribution in [3.8, 4) is 0 Å². The molecule has 0 bridgehead atoms. The van der Waals surface area contributed by atoms with Crippen molar-refractivity contribution in [3.63, 3.8) is 0 Å². The van der Waals surface area contributed by atoms with Gasteiger partial charge in [0.15, 0.2) is 0 Å². The number of nitrogens with zero attached hydrogens (tertiary/aromatic N) is 2. The van der Waals surface area contributed by atoms with Gasteiger partial charge in [0.25, 0.3) is 0 Å². The first-order valence-electron chi connectivity index (χ1n) is 5.94. The highest BCUT2D eigenvalue weighted by atomic mass is 16.5. The van der Waals surface area contributed by atoms with Gasteiger partial charge in [-0.05, 0) is 41.8 Å². The number of likely N-dealkylation sites (N-methyl/N-ethyl adjacent to an activating group) is 2. The fourth-order valence-electron chi connectivity index (χ4n) is 1.68. The van der Waals surface area contributed by atoms with Crippen LogP contribution in [0.4, 0.5) is 0 Å². The summed E-state index contributed by atoms with van der Waals surface area (Å²) in [6, 6.07) is 0.225. The molecule has 0 aliphatic heterocycles. The van der Waals surface area contributed by atoms with Crippen molar-refractivity contribution >= 4 is 5.91 Å². The van der Waals surface area contributed by atoms with Crippen LogP contribution >= 0.6 is 0 Å². The minimum atomic E-state index is 0.0746. The predicted octanol–water partition coefficient (Wildman–Crippen LogP) is 1.21. The normalized spacial score (nSPS) is 13.2. The van der Waals surface area contributed by atoms with Crippen molar-refractivity contribution in [2.75, 3.05) is 33.8 Å². The summed E-state index contributed by atoms with van der Waals surface area (Å²) < 4.78 is 5.34. The van der Waals surface area contributed by atoms with Gasteiger partial charge in [-0.15, -0.1) is 0 Å². The van der Waals surface area contributed by atoms with E-state index in [1.807, 2.05) is 39.8 Å². The second-order valence-corrected chi connectivity index (χ2v) is 4.65. The lowest BCUT2D eigenvalue weighted by Gasteiger charge is -2.30. The number of carbonyl (C=O) groups excluding carboxylic acids is 1. The summed E-state index contributed by atoms with van der Waals surface area (Å²) in [5, 5.41) is 0. The average molecular weight is 230 g/mol. The Hall–Kier alpha value is -0.610. The van der Waals surface area contributed by atoms with Crippen LogP contribution in [0.3, 0.4) is 0 Å². The molecule has 0 aromatic carbocycles. The SMILES string of the molecule is CCN(C(=O)COC(C)C)C(C)CN(C)C. The third-order valence-electron chi connectivity index (χ3n) is 2.36. The highest BCUT2D eigenvalue weighted by Gasteiger charge is 2.19. The van der Waals surface area contributed by atoms with Crippen molar-refractivity contribution in [2.24, 2.45) is 0 Å². The van der Waals surface area contributed by atoms with Gasteiger partial charge < -0.3 is 14.5 Å². The maximum absolute atomic E-state index is 11.9. The zero-order chi connectivity index (χ0) is 12.7. The Kier molecular flexibility index (Phi) is 7.34. The van der Waals surface area contributed by atoms with Crippen molar-refractivity contribution in [2.45, 2.75) is 39.8 Å². The van der Waals surface area contributed by atoms with E-state index in [1.54, 1.807) is 0 Å². The summed E-state index contributed by atoms with van der Waals surface area (Å²) in [6.07, 6.45) is 0.104. The quantitative estimate of drug-likeness (QED) is 0.659. The smallest absolute Gasteiger partial charge is 0.248 e. The summed E-state index contributed by atoms with van der Waals surface area (Å²) in [6.45, 7) is 9.73. The summed E-state index contributed by atoms with van der Waals surface area (Å²) in [5.74, 6) is 0.0746. The maximum Gasteiger partial charge on any atom is 0.248 e. The second kappa shape index (κ2) is 7.63. The van der Waals surface area contributed by atoms with Gasteiger partial charge >= 0.3 is 0 Å². The molecule has 0 aliphatic rings. The highest BCUT2D eigenvalue weighted by molar-refractivity contribution is 5.77. The molecular formula is C12H26N2O2. The van der Waals surface area contributed by atoms with Gasteiger partial charge in [0.2, 0.25) is 5.91 Å². The average Bonchev–Trinajstić information content (AvgIpc) is 2.14. The lowest BCUT2D eigenvalue weighted by atomic mass is 10.2. The largest absolute Gasteiger partial charge is 0.369 e. The molecule has 0 saturated carbocycles. The van der Waals surface area contributed by atoms with Crippen LogP contribution in [-0.4, -0.2) is 61.6 Å². The van der Waals surface area contributed by atoms with E-state index in [2.05, 4.69) is 11.8 Å². The molecule has 1 unspecified atom stereocenters. The molecular weight excluding hydrogens is 204 g/mol. The summed E-state index contributed by atoms with van der Waals surface area (Å²) in [7, 11) is 4.03. The minimum Gasteiger partial charge on any atom is -0.369 e. The third-order valence-corrected chi connectivity index (χ3v) is 2.36. The zero-order valence-corrected chi connectivity index (χ0v) is 11.5. The fourth-order valence-corrected chi connectivity index (χ4v) is 1.68. The lowest BCUT2D eigenvalue weighted by molar-refractivity contribution is -0.139. The number of hydrogen-bond donors (Lipinski definition) is 0. The Bertz CT molecular complexity index is 205. The van der Waals surface area contributed by atoms with Crippen molar-refractivity contribution in [3.05, 3.63) is 0 Å². The van der Waals surface area contributed by atoms with Crippen molar-refractivity contribution in [1.29, 1.82) is 0 Å². The molecule has 0 aliphatic carbocycles. The molecule has 1 atom stereocenters. The topological polar surface area (TPSA) is 32.8 Å². The van der Waals surface area contributed by atoms with E-state index < -0.39 is 0 Å². The van der Waals surface area contributed by atoms with Gasteiger partial charge in [-0.25, -0.2) is 0 Å². The summed E-state index contributed by atoms with van der Waals surface area (Å²) in [5.41, 5.74) is 0. The number of amides is 1. The molecule has 96 valence electrons. The molecule has 0 spiro atoms. The number of ether oxygens (including phenoxy) is 1. The fraction of sp³-hybridized carbons (Fsp3) is 0.917. The molecule has 0 saturated heterocycles. The molecule has 0 fully saturated rings. The van der Waals surface area contributed by atoms with E-state index in [1.165, 1.54) is 0 Å². The monoisotopic (exact) mass is 230 g/mol. The molecule has 0 aromatic rings. The highest BCUT2D eigenvalue weighted by Crippen LogP contribution is 2.02. The third kappa shape index (κ3) is 6.08. The van der Waals surface area contributed by atoms with Crippen LogP contribution in [0.25, 0.3) is 0 Å². The Morgan fingerprint density at radius 3 is 2.19 bits per heavy atom. The molecule has 4 heteroatoms. The molecule has 16 heavy (non-hydrogen) atoms. The Balaban J connectivity index is 4.19. The van der Waals surface area contributed by atoms with E-state index in [9.17, 15) is 4.79 Å². The van der Waals surface area contributed by atoms with Gasteiger partial charge in [-0.2, -0.15) is 0 Å². The zero-order valence-electron chi connectivity index (χ0n) is 11.5. The predicted molar refractivity (Wildman–Crippen MR) is 66.5 cm³/mol. The first-order chi connectivity index (χ1) is 7.38. The first kappa shape index (κ1) is 15.4. The van der Waals surface area contributed by atoms with Gasteiger partial charge in [-0.3, -0.25) is 4.79 Å². The van der Waals surface area contributed by atoms with Crippen LogP contribution in [-0.2, 0) is 9.53 Å². The van der Waals surface area contributed by atoms with Crippen LogP contribution in [0.15, 0.2) is 0 Å². The summed E-state index contributed by atoms with van der Waals surface area (Å²) >= 11 is 0. The van der Waals surface area contributed by atoms with Crippen LogP contribution in [0.5, 0.6) is 0 Å². The van der Waals surface area contributed by atoms with Crippen LogP contribution in [0.1, 0.15) is 27.7 Å². The molecule has 0 rings (SSSR count). The van der Waals surface area contributed by atoms with E-state index in [0.717, 1.165) is 13.1 Å². The number of hydrogen-bond acceptors (Lipinski definition) is 3. The van der Waals surface area contributed by atoms with Crippen LogP contribution < -0.4 is 0 Å². The first-order valence-corrected chi connectivity index (χ1v) is 5.94. The van der Waals surface area contributed by atoms with Crippen molar-refractivity contribution < 1.29 is 9.53 Å². The molecule has 0 heterocycles. The van der Waals surface area contributed by atoms with Gasteiger partial charge in [0.05, 0.1) is 6.10 Å². The van der Waals surface area contributed by atoms with Gasteiger partial charge in [-0.1, -0.05) is 0 Å². The molecule has 0 radical (unpaired) electrons. The lowest BCUT2D eigenvalue weighted by Crippen LogP contribution is -2.45. The van der Waals surface area contributed by atoms with Crippen LogP contribution in [0, 0.1) is 0 Å². The summed E-state index contributed by atoms with van der Waals surface area (Å²) in [4.78, 5) is 15.8. The maximum atomic E-state index is 11.9. The number of rotatable bonds is 7. The standard InChI is InChI=1S/C12H26N2O2/c1-7-14(11(4)8-13(5)6)12(15)9-16-10(2)3/h10-11H,7-9H2,1-6H3. The van der Waals surface area contributed by atoms with E-state index in [4.69, 9.17) is 4.74 Å². The van der Waals surface area contributed by atoms with Crippen molar-refractivity contribution in [1.82, 2.24) is 9.80 Å². The Morgan fingerprint density at radius 1 is 1.25 bits per heavy atom. The molecule has 0 N–H and O–H groups in total. The van der Waals surface area contributed by atoms with Crippen LogP contribution in [0.2, 0.25) is 0 Å². The van der Waals surface area contributed by atoms with E-state index in [-0.39, 0.29) is 24.7 Å². The van der Waals surface area contributed by atoms with Gasteiger partial charge in [0.1, 0.15) is 6.61 Å². The molecule has 1 amide bonds.